The summed E-state index contributed by atoms with van der Waals surface area (Å²) in [7, 11) is 0. The van der Waals surface area contributed by atoms with Gasteiger partial charge in [0.1, 0.15) is 0 Å². The summed E-state index contributed by atoms with van der Waals surface area (Å²) in [5.74, 6) is 0. The van der Waals surface area contributed by atoms with Gasteiger partial charge in [-0.2, -0.15) is 0 Å². The van der Waals surface area contributed by atoms with E-state index in [4.69, 9.17) is 0 Å². The molecule has 0 aliphatic carbocycles. The van der Waals surface area contributed by atoms with Crippen molar-refractivity contribution in [2.45, 2.75) is 0 Å². The quantitative estimate of drug-likeness (QED) is 0.330. The molecule has 0 atom stereocenters. The summed E-state index contributed by atoms with van der Waals surface area (Å²) in [4.78, 5) is 16.0. The molecule has 2 N–H and O–H groups in total. The first-order valence-corrected chi connectivity index (χ1v) is 7.85. The maximum atomic E-state index is 4.62. The summed E-state index contributed by atoms with van der Waals surface area (Å²) in [6, 6.07) is 16.4. The predicted octanol–water partition coefficient (Wildman–Crippen LogP) is 4.65. The Morgan fingerprint density at radius 2 is 0.846 bits per heavy atom. The molecule has 0 amide bonds. The number of hydrogen-bond acceptors (Lipinski definition) is 2. The minimum atomic E-state index is 0. The maximum absolute atomic E-state index is 4.62. The molecule has 0 radical (unpaired) electrons. The Bertz CT molecular complexity index is 1080. The van der Waals surface area contributed by atoms with Crippen molar-refractivity contribution in [3.63, 3.8) is 0 Å². The second kappa shape index (κ2) is 7.59. The van der Waals surface area contributed by atoms with E-state index in [1.807, 2.05) is 42.5 Å². The number of H-pyrrole nitrogens is 2. The van der Waals surface area contributed by atoms with Crippen LogP contribution in [0.4, 0.5) is 0 Å². The van der Waals surface area contributed by atoms with E-state index in [9.17, 15) is 0 Å². The van der Waals surface area contributed by atoms with Gasteiger partial charge in [-0.1, -0.05) is 0 Å². The number of aromatic amines is 2. The average molecular weight is 462 g/mol. The van der Waals surface area contributed by atoms with Crippen molar-refractivity contribution in [2.24, 2.45) is 0 Å². The SMILES string of the molecule is C1=Cc2cc3ccc(cc4ccc(cc5nc(cc1n2)C=C5)[nH]4)[nH]3.[Fe].[Mo]. The molecule has 0 saturated carbocycles. The van der Waals surface area contributed by atoms with Gasteiger partial charge < -0.3 is 9.97 Å². The third-order valence-corrected chi connectivity index (χ3v) is 4.04. The molecule has 3 aromatic rings. The number of rotatable bonds is 0. The van der Waals surface area contributed by atoms with Crippen LogP contribution in [-0.4, -0.2) is 19.9 Å². The first kappa shape index (κ1) is 18.6. The summed E-state index contributed by atoms with van der Waals surface area (Å²) < 4.78 is 0. The zero-order valence-corrected chi connectivity index (χ0v) is 16.7. The van der Waals surface area contributed by atoms with Gasteiger partial charge in [-0.25, -0.2) is 9.97 Å². The summed E-state index contributed by atoms with van der Waals surface area (Å²) in [5, 5.41) is 0. The Morgan fingerprint density at radius 3 is 1.27 bits per heavy atom. The van der Waals surface area contributed by atoms with Crippen LogP contribution in [-0.2, 0) is 38.1 Å². The molecule has 8 bridgehead atoms. The predicted molar refractivity (Wildman–Crippen MR) is 98.9 cm³/mol. The molecule has 2 aliphatic heterocycles. The molecule has 0 spiro atoms. The topological polar surface area (TPSA) is 57.4 Å². The van der Waals surface area contributed by atoms with Crippen LogP contribution in [0.1, 0.15) is 22.8 Å². The fourth-order valence-corrected chi connectivity index (χ4v) is 2.94. The Morgan fingerprint density at radius 1 is 0.500 bits per heavy atom. The van der Waals surface area contributed by atoms with Crippen LogP contribution in [0.3, 0.4) is 0 Å². The molecule has 128 valence electrons. The molecule has 2 aliphatic rings. The second-order valence-electron chi connectivity index (χ2n) is 5.91. The van der Waals surface area contributed by atoms with E-state index in [-0.39, 0.29) is 38.1 Å². The van der Waals surface area contributed by atoms with E-state index in [2.05, 4.69) is 50.3 Å². The summed E-state index contributed by atoms with van der Waals surface area (Å²) >= 11 is 0. The summed E-state index contributed by atoms with van der Waals surface area (Å²) in [6.45, 7) is 0. The molecule has 5 rings (SSSR count). The molecule has 0 unspecified atom stereocenters. The summed E-state index contributed by atoms with van der Waals surface area (Å²) in [5.41, 5.74) is 7.86. The van der Waals surface area contributed by atoms with Crippen LogP contribution in [0.25, 0.3) is 46.4 Å². The van der Waals surface area contributed by atoms with E-state index in [1.165, 1.54) is 0 Å². The zero-order chi connectivity index (χ0) is 15.9. The average Bonchev–Trinajstić information content (AvgIpc) is 3.32. The van der Waals surface area contributed by atoms with Crippen LogP contribution < -0.4 is 0 Å². The first-order valence-electron chi connectivity index (χ1n) is 7.85. The molecular formula is C20H14FeMoN4. The van der Waals surface area contributed by atoms with Crippen LogP contribution in [0.15, 0.2) is 48.5 Å². The first-order chi connectivity index (χ1) is 11.8. The number of nitrogens with one attached hydrogen (secondary N) is 2. The maximum Gasteiger partial charge on any atom is 0.0659 e. The third kappa shape index (κ3) is 3.81. The van der Waals surface area contributed by atoms with Crippen molar-refractivity contribution in [3.8, 4) is 0 Å². The molecule has 0 aromatic carbocycles. The van der Waals surface area contributed by atoms with E-state index in [1.54, 1.807) is 0 Å². The van der Waals surface area contributed by atoms with Crippen LogP contribution in [0.2, 0.25) is 0 Å². The largest absolute Gasteiger partial charge is 0.355 e. The van der Waals surface area contributed by atoms with E-state index < -0.39 is 0 Å². The van der Waals surface area contributed by atoms with E-state index in [0.717, 1.165) is 44.8 Å². The van der Waals surface area contributed by atoms with Gasteiger partial charge in [0.05, 0.1) is 22.8 Å². The zero-order valence-electron chi connectivity index (χ0n) is 13.6. The Kier molecular flexibility index (Phi) is 5.43. The fourth-order valence-electron chi connectivity index (χ4n) is 2.94. The third-order valence-electron chi connectivity index (χ3n) is 4.04. The Labute approximate surface area is 175 Å². The molecule has 5 heterocycles. The van der Waals surface area contributed by atoms with Crippen molar-refractivity contribution in [1.82, 2.24) is 19.9 Å². The van der Waals surface area contributed by atoms with Crippen molar-refractivity contribution in [3.05, 3.63) is 71.3 Å². The van der Waals surface area contributed by atoms with Crippen LogP contribution in [0, 0.1) is 0 Å². The van der Waals surface area contributed by atoms with Gasteiger partial charge in [-0.15, -0.1) is 0 Å². The fraction of sp³-hybridized carbons (Fsp3) is 0. The van der Waals surface area contributed by atoms with Gasteiger partial charge >= 0.3 is 0 Å². The van der Waals surface area contributed by atoms with Crippen molar-refractivity contribution in [2.75, 3.05) is 0 Å². The second-order valence-corrected chi connectivity index (χ2v) is 5.91. The molecule has 26 heavy (non-hydrogen) atoms. The molecule has 0 saturated heterocycles. The van der Waals surface area contributed by atoms with E-state index in [0.29, 0.717) is 0 Å². The molecular weight excluding hydrogens is 448 g/mol. The van der Waals surface area contributed by atoms with E-state index >= 15 is 0 Å². The molecule has 0 fully saturated rings. The van der Waals surface area contributed by atoms with Gasteiger partial charge in [0.25, 0.3) is 0 Å². The number of fused-ring (bicyclic) bond motifs is 8. The van der Waals surface area contributed by atoms with Gasteiger partial charge in [-0.3, -0.25) is 0 Å². The Balaban J connectivity index is 0.000000980. The number of aromatic nitrogens is 4. The monoisotopic (exact) mass is 464 g/mol. The van der Waals surface area contributed by atoms with Crippen molar-refractivity contribution < 1.29 is 38.1 Å². The minimum Gasteiger partial charge on any atom is -0.355 e. The molecule has 6 heteroatoms. The smallest absolute Gasteiger partial charge is 0.0659 e. The van der Waals surface area contributed by atoms with Gasteiger partial charge in [0.2, 0.25) is 0 Å². The minimum absolute atomic E-state index is 0. The van der Waals surface area contributed by atoms with Gasteiger partial charge in [-0.05, 0) is 72.8 Å². The van der Waals surface area contributed by atoms with Crippen LogP contribution in [0.5, 0.6) is 0 Å². The molecule has 4 nitrogen and oxygen atoms in total. The normalized spacial score (nSPS) is 11.7. The van der Waals surface area contributed by atoms with Crippen molar-refractivity contribution in [1.29, 1.82) is 0 Å². The van der Waals surface area contributed by atoms with Crippen molar-refractivity contribution >= 4 is 46.4 Å². The molecule has 3 aromatic heterocycles. The standard InChI is InChI=1S/C20H14N4.Fe.Mo/c1-2-14-10-16-5-6-18(23-16)12-20-8-7-19(24-20)11-17-4-3-15(22-17)9-13(1)21-14;;/h1-12,21-22H;;. The van der Waals surface area contributed by atoms with Gasteiger partial charge in [0, 0.05) is 60.2 Å². The Hall–Kier alpha value is -2.19. The number of hydrogen-bond donors (Lipinski definition) is 2. The summed E-state index contributed by atoms with van der Waals surface area (Å²) in [6.07, 6.45) is 8.05. The van der Waals surface area contributed by atoms with Gasteiger partial charge in [0.15, 0.2) is 0 Å². The van der Waals surface area contributed by atoms with Crippen LogP contribution >= 0.6 is 0 Å². The number of nitrogens with zero attached hydrogens (tertiary/aromatic N) is 2.